The van der Waals surface area contributed by atoms with Gasteiger partial charge in [0.1, 0.15) is 5.82 Å². The number of imidazole rings is 1. The molecule has 1 saturated heterocycles. The fourth-order valence-electron chi connectivity index (χ4n) is 3.99. The van der Waals surface area contributed by atoms with Crippen LogP contribution >= 0.6 is 0 Å². The Kier molecular flexibility index (Phi) is 5.02. The van der Waals surface area contributed by atoms with E-state index in [0.717, 1.165) is 29.9 Å². The van der Waals surface area contributed by atoms with Crippen molar-refractivity contribution in [2.75, 3.05) is 10.6 Å². The Morgan fingerprint density at radius 1 is 1.17 bits per heavy atom. The minimum absolute atomic E-state index is 0.0497. The third-order valence-corrected chi connectivity index (χ3v) is 6.02. The second kappa shape index (κ2) is 8.35. The number of carbonyl (C=O) groups excluding carboxylic acids is 2. The molecule has 0 bridgehead atoms. The summed E-state index contributed by atoms with van der Waals surface area (Å²) in [4.78, 5) is 37.2. The van der Waals surface area contributed by atoms with Crippen LogP contribution in [0.3, 0.4) is 0 Å². The van der Waals surface area contributed by atoms with Gasteiger partial charge < -0.3 is 15.2 Å². The average molecular weight is 470 g/mol. The zero-order valence-electron chi connectivity index (χ0n) is 19.0. The number of benzene rings is 1. The number of aryl methyl sites for hydroxylation is 1. The van der Waals surface area contributed by atoms with E-state index in [1.165, 1.54) is 0 Å². The predicted molar refractivity (Wildman–Crippen MR) is 129 cm³/mol. The van der Waals surface area contributed by atoms with Crippen LogP contribution in [0.5, 0.6) is 0 Å². The lowest BCUT2D eigenvalue weighted by atomic mass is 10.1. The first-order valence-electron chi connectivity index (χ1n) is 11.4. The lowest BCUT2D eigenvalue weighted by molar-refractivity contribution is -0.124. The quantitative estimate of drug-likeness (QED) is 0.277. The molecule has 2 amide bonds. The topological polar surface area (TPSA) is 131 Å². The van der Waals surface area contributed by atoms with E-state index in [2.05, 4.69) is 36.0 Å². The van der Waals surface area contributed by atoms with Crippen molar-refractivity contribution >= 4 is 35.4 Å². The van der Waals surface area contributed by atoms with Crippen LogP contribution in [-0.4, -0.2) is 47.0 Å². The van der Waals surface area contributed by atoms with Crippen LogP contribution in [0, 0.1) is 6.92 Å². The molecule has 3 N–H and O–H groups in total. The molecule has 1 aromatic carbocycles. The number of fused-ring (bicyclic) bond motifs is 1. The minimum Gasteiger partial charge on any atom is -0.351 e. The number of amides is 2. The van der Waals surface area contributed by atoms with Crippen LogP contribution in [0.1, 0.15) is 36.2 Å². The molecule has 0 atom stereocenters. The molecule has 2 fully saturated rings. The van der Waals surface area contributed by atoms with Gasteiger partial charge in [0.2, 0.25) is 17.8 Å². The monoisotopic (exact) mass is 469 g/mol. The van der Waals surface area contributed by atoms with Crippen molar-refractivity contribution in [2.45, 2.75) is 38.8 Å². The van der Waals surface area contributed by atoms with Gasteiger partial charge in [0.05, 0.1) is 12.6 Å². The van der Waals surface area contributed by atoms with E-state index in [1.807, 2.05) is 42.0 Å². The van der Waals surface area contributed by atoms with Crippen molar-refractivity contribution in [1.29, 1.82) is 0 Å². The van der Waals surface area contributed by atoms with Crippen LogP contribution in [-0.2, 0) is 16.1 Å². The zero-order chi connectivity index (χ0) is 23.9. The van der Waals surface area contributed by atoms with E-state index < -0.39 is 0 Å². The van der Waals surface area contributed by atoms with E-state index in [9.17, 15) is 9.59 Å². The van der Waals surface area contributed by atoms with Crippen LogP contribution in [0.15, 0.2) is 48.4 Å². The summed E-state index contributed by atoms with van der Waals surface area (Å²) in [6.07, 6.45) is 9.22. The van der Waals surface area contributed by atoms with Gasteiger partial charge in [-0.15, -0.1) is 0 Å². The van der Waals surface area contributed by atoms with Crippen molar-refractivity contribution in [3.05, 3.63) is 65.4 Å². The molecule has 0 unspecified atom stereocenters. The van der Waals surface area contributed by atoms with Crippen LogP contribution < -0.4 is 16.0 Å². The smallest absolute Gasteiger partial charge is 0.254 e. The number of aromatic nitrogens is 6. The van der Waals surface area contributed by atoms with Gasteiger partial charge in [-0.3, -0.25) is 14.9 Å². The molecule has 4 aromatic rings. The molecule has 0 radical (unpaired) electrons. The van der Waals surface area contributed by atoms with Crippen molar-refractivity contribution in [2.24, 2.45) is 0 Å². The fourth-order valence-corrected chi connectivity index (χ4v) is 3.99. The summed E-state index contributed by atoms with van der Waals surface area (Å²) in [7, 11) is 0. The number of hydrogen-bond donors (Lipinski definition) is 3. The molecule has 0 spiro atoms. The SMILES string of the molecule is Cc1nccn1-c1ccc(CNc2nc(NC3CC3)n3ncc(/C=C4\CC(=O)NC4=O)c3n2)cc1. The maximum atomic E-state index is 12.0. The Morgan fingerprint density at radius 2 is 2.00 bits per heavy atom. The molecular weight excluding hydrogens is 446 g/mol. The van der Waals surface area contributed by atoms with Gasteiger partial charge in [0, 0.05) is 41.8 Å². The summed E-state index contributed by atoms with van der Waals surface area (Å²) < 4.78 is 3.66. The molecule has 35 heavy (non-hydrogen) atoms. The maximum absolute atomic E-state index is 12.0. The molecule has 11 nitrogen and oxygen atoms in total. The normalized spacial score (nSPS) is 16.8. The van der Waals surface area contributed by atoms with E-state index >= 15 is 0 Å². The van der Waals surface area contributed by atoms with Gasteiger partial charge in [0.15, 0.2) is 5.65 Å². The summed E-state index contributed by atoms with van der Waals surface area (Å²) in [6.45, 7) is 2.50. The van der Waals surface area contributed by atoms with Crippen molar-refractivity contribution in [3.63, 3.8) is 0 Å². The third-order valence-electron chi connectivity index (χ3n) is 6.02. The number of imide groups is 1. The van der Waals surface area contributed by atoms with Crippen molar-refractivity contribution < 1.29 is 9.59 Å². The van der Waals surface area contributed by atoms with Gasteiger partial charge in [-0.25, -0.2) is 4.98 Å². The van der Waals surface area contributed by atoms with Crippen molar-refractivity contribution in [1.82, 2.24) is 34.4 Å². The van der Waals surface area contributed by atoms with Gasteiger partial charge in [0.25, 0.3) is 5.91 Å². The summed E-state index contributed by atoms with van der Waals surface area (Å²) >= 11 is 0. The van der Waals surface area contributed by atoms with Crippen molar-refractivity contribution in [3.8, 4) is 5.69 Å². The largest absolute Gasteiger partial charge is 0.351 e. The first-order chi connectivity index (χ1) is 17.0. The molecule has 2 aliphatic rings. The molecule has 1 saturated carbocycles. The second-order valence-corrected chi connectivity index (χ2v) is 8.71. The molecular formula is C24H23N9O2. The van der Waals surface area contributed by atoms with E-state index in [4.69, 9.17) is 0 Å². The first-order valence-corrected chi connectivity index (χ1v) is 11.4. The minimum atomic E-state index is -0.382. The Hall–Kier alpha value is -4.54. The number of nitrogens with zero attached hydrogens (tertiary/aromatic N) is 6. The lowest BCUT2D eigenvalue weighted by Gasteiger charge is -2.11. The number of nitrogens with one attached hydrogen (secondary N) is 3. The Morgan fingerprint density at radius 3 is 2.69 bits per heavy atom. The lowest BCUT2D eigenvalue weighted by Crippen LogP contribution is -2.19. The van der Waals surface area contributed by atoms with E-state index in [1.54, 1.807) is 23.0 Å². The Bertz CT molecular complexity index is 1480. The molecule has 4 heterocycles. The highest BCUT2D eigenvalue weighted by molar-refractivity contribution is 6.15. The first kappa shape index (κ1) is 21.0. The van der Waals surface area contributed by atoms with Gasteiger partial charge in [-0.1, -0.05) is 12.1 Å². The number of carbonyl (C=O) groups is 2. The summed E-state index contributed by atoms with van der Waals surface area (Å²) in [6, 6.07) is 8.56. The molecule has 3 aromatic heterocycles. The maximum Gasteiger partial charge on any atom is 0.254 e. The number of rotatable bonds is 7. The van der Waals surface area contributed by atoms with Gasteiger partial charge in [-0.2, -0.15) is 19.6 Å². The second-order valence-electron chi connectivity index (χ2n) is 8.71. The average Bonchev–Trinajstić information content (AvgIpc) is 3.25. The van der Waals surface area contributed by atoms with Crippen LogP contribution in [0.25, 0.3) is 17.4 Å². The molecule has 11 heteroatoms. The molecule has 176 valence electrons. The summed E-state index contributed by atoms with van der Waals surface area (Å²) in [5.41, 5.74) is 3.71. The van der Waals surface area contributed by atoms with Crippen LogP contribution in [0.4, 0.5) is 11.9 Å². The van der Waals surface area contributed by atoms with Crippen LogP contribution in [0.2, 0.25) is 0 Å². The van der Waals surface area contributed by atoms with E-state index in [0.29, 0.717) is 41.3 Å². The van der Waals surface area contributed by atoms with Gasteiger partial charge >= 0.3 is 0 Å². The highest BCUT2D eigenvalue weighted by Gasteiger charge is 2.26. The zero-order valence-corrected chi connectivity index (χ0v) is 19.0. The Balaban J connectivity index is 1.27. The molecule has 6 rings (SSSR count). The fraction of sp³-hybridized carbons (Fsp3) is 0.250. The summed E-state index contributed by atoms with van der Waals surface area (Å²) in [5, 5.41) is 13.4. The molecule has 1 aliphatic heterocycles. The summed E-state index contributed by atoms with van der Waals surface area (Å²) in [5.74, 6) is 1.27. The standard InChI is InChI=1S/C24H23N9O2/c1-14-25-8-9-32(14)19-6-2-15(3-7-19)12-26-23-30-21-17(10-16-11-20(34)29-22(16)35)13-27-33(21)24(31-23)28-18-4-5-18/h2-3,6-10,13,18H,4-5,11-12H2,1H3,(H,29,34,35)(H2,26,28,30,31)/b16-10+. The highest BCUT2D eigenvalue weighted by atomic mass is 16.2. The number of anilines is 2. The highest BCUT2D eigenvalue weighted by Crippen LogP contribution is 2.26. The molecule has 1 aliphatic carbocycles. The van der Waals surface area contributed by atoms with E-state index in [-0.39, 0.29) is 18.2 Å². The van der Waals surface area contributed by atoms with Gasteiger partial charge in [-0.05, 0) is 43.5 Å². The third kappa shape index (κ3) is 4.23. The predicted octanol–water partition coefficient (Wildman–Crippen LogP) is 2.23. The number of hydrogen-bond acceptors (Lipinski definition) is 8. The Labute approximate surface area is 200 Å².